The van der Waals surface area contributed by atoms with E-state index in [1.165, 1.54) is 24.1 Å². The van der Waals surface area contributed by atoms with Crippen LogP contribution in [-0.4, -0.2) is 51.4 Å². The second-order valence-corrected chi connectivity index (χ2v) is 5.68. The third kappa shape index (κ3) is 4.33. The van der Waals surface area contributed by atoms with Crippen molar-refractivity contribution in [1.29, 1.82) is 0 Å². The van der Waals surface area contributed by atoms with Crippen molar-refractivity contribution in [2.24, 2.45) is 5.73 Å². The minimum atomic E-state index is -1.34. The number of benzene rings is 1. The number of carbonyl (C=O) groups is 2. The van der Waals surface area contributed by atoms with Crippen LogP contribution < -0.4 is 16.4 Å². The van der Waals surface area contributed by atoms with Crippen LogP contribution >= 0.6 is 0 Å². The summed E-state index contributed by atoms with van der Waals surface area (Å²) >= 11 is 0. The van der Waals surface area contributed by atoms with Gasteiger partial charge in [0.15, 0.2) is 12.5 Å². The van der Waals surface area contributed by atoms with E-state index in [9.17, 15) is 29.9 Å². The van der Waals surface area contributed by atoms with E-state index in [-0.39, 0.29) is 36.7 Å². The second kappa shape index (κ2) is 7.32. The zero-order valence-corrected chi connectivity index (χ0v) is 13.4. The minimum Gasteiger partial charge on any atom is -0.370 e. The lowest BCUT2D eigenvalue weighted by Crippen LogP contribution is -2.43. The SMILES string of the molecule is CN(Cc1cc([N+](=O)[O-])cc2c1NC(O)C(O)N2)C(=O)CCC(N)=O. The minimum absolute atomic E-state index is 0.000889. The number of nitrogens with one attached hydrogen (secondary N) is 2. The largest absolute Gasteiger partial charge is 0.370 e. The third-order valence-electron chi connectivity index (χ3n) is 3.73. The van der Waals surface area contributed by atoms with E-state index in [4.69, 9.17) is 5.73 Å². The summed E-state index contributed by atoms with van der Waals surface area (Å²) in [6, 6.07) is 2.49. The molecule has 0 saturated heterocycles. The molecule has 0 spiro atoms. The molecule has 1 aliphatic rings. The summed E-state index contributed by atoms with van der Waals surface area (Å²) in [6.45, 7) is -0.000889. The molecule has 0 fully saturated rings. The van der Waals surface area contributed by atoms with Crippen molar-refractivity contribution >= 4 is 28.9 Å². The molecular weight excluding hydrogens is 334 g/mol. The molecule has 136 valence electrons. The lowest BCUT2D eigenvalue weighted by atomic mass is 10.1. The van der Waals surface area contributed by atoms with Crippen molar-refractivity contribution in [3.63, 3.8) is 0 Å². The van der Waals surface area contributed by atoms with Gasteiger partial charge >= 0.3 is 0 Å². The van der Waals surface area contributed by atoms with Crippen LogP contribution in [0.15, 0.2) is 12.1 Å². The number of amides is 2. The average molecular weight is 353 g/mol. The van der Waals surface area contributed by atoms with Gasteiger partial charge in [0.25, 0.3) is 5.69 Å². The maximum Gasteiger partial charge on any atom is 0.271 e. The molecule has 11 nitrogen and oxygen atoms in total. The number of rotatable bonds is 6. The molecule has 1 heterocycles. The Balaban J connectivity index is 2.28. The summed E-state index contributed by atoms with van der Waals surface area (Å²) in [5.41, 5.74) is 5.73. The number of non-ortho nitro benzene ring substituents is 1. The van der Waals surface area contributed by atoms with Gasteiger partial charge in [-0.25, -0.2) is 0 Å². The van der Waals surface area contributed by atoms with Gasteiger partial charge in [-0.2, -0.15) is 0 Å². The summed E-state index contributed by atoms with van der Waals surface area (Å²) in [7, 11) is 1.48. The maximum atomic E-state index is 12.0. The van der Waals surface area contributed by atoms with Crippen molar-refractivity contribution in [2.75, 3.05) is 17.7 Å². The molecular formula is C14H19N5O6. The van der Waals surface area contributed by atoms with Crippen LogP contribution in [0.25, 0.3) is 0 Å². The summed E-state index contributed by atoms with van der Waals surface area (Å²) in [6.07, 6.45) is -2.82. The van der Waals surface area contributed by atoms with Gasteiger partial charge in [0.05, 0.1) is 16.3 Å². The Labute approximate surface area is 142 Å². The number of anilines is 2. The highest BCUT2D eigenvalue weighted by atomic mass is 16.6. The van der Waals surface area contributed by atoms with E-state index in [2.05, 4.69) is 10.6 Å². The number of fused-ring (bicyclic) bond motifs is 1. The molecule has 2 atom stereocenters. The number of nitro groups is 1. The number of primary amides is 1. The van der Waals surface area contributed by atoms with Gasteiger partial charge in [-0.05, 0) is 0 Å². The van der Waals surface area contributed by atoms with Crippen molar-refractivity contribution in [3.05, 3.63) is 27.8 Å². The smallest absolute Gasteiger partial charge is 0.271 e. The summed E-state index contributed by atoms with van der Waals surface area (Å²) in [5, 5.41) is 35.7. The molecule has 2 unspecified atom stereocenters. The van der Waals surface area contributed by atoms with Gasteiger partial charge in [-0.1, -0.05) is 0 Å². The zero-order valence-electron chi connectivity index (χ0n) is 13.4. The van der Waals surface area contributed by atoms with Crippen LogP contribution in [0.4, 0.5) is 17.1 Å². The Hall–Kier alpha value is -2.92. The molecule has 0 bridgehead atoms. The first-order valence-electron chi connectivity index (χ1n) is 7.42. The van der Waals surface area contributed by atoms with Gasteiger partial charge in [0, 0.05) is 44.1 Å². The number of hydrogen-bond acceptors (Lipinski definition) is 8. The molecule has 25 heavy (non-hydrogen) atoms. The Morgan fingerprint density at radius 1 is 1.28 bits per heavy atom. The lowest BCUT2D eigenvalue weighted by Gasteiger charge is -2.31. The number of carbonyl (C=O) groups excluding carboxylic acids is 2. The molecule has 2 rings (SSSR count). The number of nitrogens with two attached hydrogens (primary N) is 1. The van der Waals surface area contributed by atoms with Crippen molar-refractivity contribution in [2.45, 2.75) is 31.8 Å². The Morgan fingerprint density at radius 2 is 1.92 bits per heavy atom. The fourth-order valence-electron chi connectivity index (χ4n) is 2.43. The molecule has 0 aromatic heterocycles. The first kappa shape index (κ1) is 18.4. The molecule has 1 aromatic carbocycles. The summed E-state index contributed by atoms with van der Waals surface area (Å²) in [4.78, 5) is 34.6. The molecule has 0 aliphatic carbocycles. The molecule has 1 aliphatic heterocycles. The van der Waals surface area contributed by atoms with Crippen molar-refractivity contribution < 1.29 is 24.7 Å². The Bertz CT molecular complexity index is 709. The molecule has 0 radical (unpaired) electrons. The first-order chi connectivity index (χ1) is 11.7. The van der Waals surface area contributed by atoms with E-state index in [1.54, 1.807) is 0 Å². The summed E-state index contributed by atoms with van der Waals surface area (Å²) in [5.74, 6) is -0.958. The van der Waals surface area contributed by atoms with Crippen LogP contribution in [0.2, 0.25) is 0 Å². The highest BCUT2D eigenvalue weighted by Gasteiger charge is 2.28. The van der Waals surface area contributed by atoms with Crippen molar-refractivity contribution in [1.82, 2.24) is 4.90 Å². The zero-order chi connectivity index (χ0) is 18.7. The number of hydrogen-bond donors (Lipinski definition) is 5. The normalized spacial score (nSPS) is 18.5. The van der Waals surface area contributed by atoms with E-state index in [0.717, 1.165) is 0 Å². The highest BCUT2D eigenvalue weighted by Crippen LogP contribution is 2.36. The second-order valence-electron chi connectivity index (χ2n) is 5.68. The topological polar surface area (TPSA) is 171 Å². The van der Waals surface area contributed by atoms with Crippen LogP contribution in [-0.2, 0) is 16.1 Å². The first-order valence-corrected chi connectivity index (χ1v) is 7.42. The maximum absolute atomic E-state index is 12.0. The standard InChI is InChI=1S/C14H19N5O6/c1-18(11(21)3-2-10(15)20)6-7-4-8(19(24)25)5-9-12(7)17-14(23)13(22)16-9/h4-5,13-14,16-17,22-23H,2-3,6H2,1H3,(H2,15,20). The number of aliphatic hydroxyl groups excluding tert-OH is 2. The molecule has 6 N–H and O–H groups in total. The van der Waals surface area contributed by atoms with Crippen LogP contribution in [0.1, 0.15) is 18.4 Å². The number of aliphatic hydroxyl groups is 2. The number of nitrogens with zero attached hydrogens (tertiary/aromatic N) is 2. The quantitative estimate of drug-likeness (QED) is 0.330. The fourth-order valence-corrected chi connectivity index (χ4v) is 2.43. The van der Waals surface area contributed by atoms with Gasteiger partial charge in [0.2, 0.25) is 11.8 Å². The predicted molar refractivity (Wildman–Crippen MR) is 87.3 cm³/mol. The molecule has 11 heteroatoms. The predicted octanol–water partition coefficient (Wildman–Crippen LogP) is -0.707. The van der Waals surface area contributed by atoms with Gasteiger partial charge in [-0.3, -0.25) is 19.7 Å². The Kier molecular flexibility index (Phi) is 5.39. The number of nitro benzene ring substituents is 1. The Morgan fingerprint density at radius 3 is 2.52 bits per heavy atom. The highest BCUT2D eigenvalue weighted by molar-refractivity contribution is 5.83. The molecule has 2 amide bonds. The van der Waals surface area contributed by atoms with Gasteiger partial charge < -0.3 is 31.5 Å². The van der Waals surface area contributed by atoms with Crippen LogP contribution in [0.5, 0.6) is 0 Å². The van der Waals surface area contributed by atoms with E-state index < -0.39 is 23.3 Å². The van der Waals surface area contributed by atoms with E-state index in [0.29, 0.717) is 11.3 Å². The third-order valence-corrected chi connectivity index (χ3v) is 3.73. The van der Waals surface area contributed by atoms with E-state index >= 15 is 0 Å². The average Bonchev–Trinajstić information content (AvgIpc) is 2.53. The van der Waals surface area contributed by atoms with Gasteiger partial charge in [-0.15, -0.1) is 0 Å². The monoisotopic (exact) mass is 353 g/mol. The lowest BCUT2D eigenvalue weighted by molar-refractivity contribution is -0.384. The van der Waals surface area contributed by atoms with Gasteiger partial charge in [0.1, 0.15) is 0 Å². The molecule has 1 aromatic rings. The van der Waals surface area contributed by atoms with Crippen molar-refractivity contribution in [3.8, 4) is 0 Å². The summed E-state index contributed by atoms with van der Waals surface area (Å²) < 4.78 is 0. The van der Waals surface area contributed by atoms with Crippen LogP contribution in [0, 0.1) is 10.1 Å². The van der Waals surface area contributed by atoms with E-state index in [1.807, 2.05) is 0 Å². The molecule has 0 saturated carbocycles. The van der Waals surface area contributed by atoms with Crippen LogP contribution in [0.3, 0.4) is 0 Å². The fraction of sp³-hybridized carbons (Fsp3) is 0.429.